The second kappa shape index (κ2) is 8.24. The maximum absolute atomic E-state index is 13.2. The third-order valence-corrected chi connectivity index (χ3v) is 16.7. The zero-order valence-corrected chi connectivity index (χ0v) is 24.8. The van der Waals surface area contributed by atoms with Crippen molar-refractivity contribution in [1.29, 1.82) is 0 Å². The first-order valence-electron chi connectivity index (χ1n) is 12.3. The van der Waals surface area contributed by atoms with Gasteiger partial charge in [-0.15, -0.1) is 0 Å². The van der Waals surface area contributed by atoms with E-state index in [2.05, 4.69) is 73.8 Å². The van der Waals surface area contributed by atoms with Crippen molar-refractivity contribution in [2.75, 3.05) is 0 Å². The average Bonchev–Trinajstić information content (AvgIpc) is 2.70. The van der Waals surface area contributed by atoms with Crippen LogP contribution in [0, 0.1) is 0 Å². The molecule has 1 heterocycles. The van der Waals surface area contributed by atoms with Gasteiger partial charge < -0.3 is 13.3 Å². The van der Waals surface area contributed by atoms with Crippen molar-refractivity contribution in [3.63, 3.8) is 0 Å². The van der Waals surface area contributed by atoms with Crippen LogP contribution in [0.5, 0.6) is 11.5 Å². The SMILES string of the molecule is CC(C)(C)[Si](C)(C)Oc1ccc2c(ccc3c4ccc(O[Si](C)(C)C(C)(C)C)cc4oc(=O)c23)c1. The molecule has 0 amide bonds. The molecule has 0 unspecified atom stereocenters. The normalized spacial score (nSPS) is 13.5. The van der Waals surface area contributed by atoms with Gasteiger partial charge in [0.2, 0.25) is 16.6 Å². The third-order valence-electron chi connectivity index (χ3n) is 8.00. The van der Waals surface area contributed by atoms with E-state index in [1.165, 1.54) is 0 Å². The maximum atomic E-state index is 13.2. The van der Waals surface area contributed by atoms with Gasteiger partial charge in [0.05, 0.1) is 5.39 Å². The largest absolute Gasteiger partial charge is 0.543 e. The molecular weight excluding hydrogens is 468 g/mol. The maximum Gasteiger partial charge on any atom is 0.344 e. The van der Waals surface area contributed by atoms with Gasteiger partial charge in [0.15, 0.2) is 0 Å². The van der Waals surface area contributed by atoms with Gasteiger partial charge in [-0.3, -0.25) is 0 Å². The molecule has 0 aliphatic rings. The lowest BCUT2D eigenvalue weighted by Crippen LogP contribution is -2.43. The van der Waals surface area contributed by atoms with Gasteiger partial charge in [-0.05, 0) is 77.4 Å². The number of hydrogen-bond donors (Lipinski definition) is 0. The Morgan fingerprint density at radius 2 is 1.14 bits per heavy atom. The van der Waals surface area contributed by atoms with Crippen molar-refractivity contribution < 1.29 is 13.3 Å². The van der Waals surface area contributed by atoms with Crippen molar-refractivity contribution in [2.45, 2.75) is 77.8 Å². The summed E-state index contributed by atoms with van der Waals surface area (Å²) in [5.41, 5.74) is 0.219. The first kappa shape index (κ1) is 25.5. The van der Waals surface area contributed by atoms with E-state index in [4.69, 9.17) is 13.3 Å². The molecule has 0 bridgehead atoms. The first-order valence-corrected chi connectivity index (χ1v) is 18.1. The molecule has 3 aromatic carbocycles. The molecule has 4 rings (SSSR count). The molecule has 6 heteroatoms. The summed E-state index contributed by atoms with van der Waals surface area (Å²) < 4.78 is 18.8. The fourth-order valence-electron chi connectivity index (χ4n) is 3.74. The van der Waals surface area contributed by atoms with Crippen LogP contribution in [0.4, 0.5) is 0 Å². The highest BCUT2D eigenvalue weighted by atomic mass is 28.4. The van der Waals surface area contributed by atoms with E-state index in [1.807, 2.05) is 42.5 Å². The molecule has 0 saturated heterocycles. The lowest BCUT2D eigenvalue weighted by molar-refractivity contribution is 0.490. The zero-order valence-electron chi connectivity index (χ0n) is 22.8. The minimum atomic E-state index is -2.00. The van der Waals surface area contributed by atoms with Crippen LogP contribution in [0.25, 0.3) is 32.5 Å². The zero-order chi connectivity index (χ0) is 26.0. The van der Waals surface area contributed by atoms with Gasteiger partial charge in [0.25, 0.3) is 0 Å². The van der Waals surface area contributed by atoms with E-state index in [1.54, 1.807) is 0 Å². The summed E-state index contributed by atoms with van der Waals surface area (Å²) in [7, 11) is -3.96. The van der Waals surface area contributed by atoms with E-state index in [9.17, 15) is 4.79 Å². The smallest absolute Gasteiger partial charge is 0.344 e. The Labute approximate surface area is 210 Å². The van der Waals surface area contributed by atoms with Crippen LogP contribution >= 0.6 is 0 Å². The Bertz CT molecular complexity index is 1480. The van der Waals surface area contributed by atoms with E-state index < -0.39 is 16.6 Å². The van der Waals surface area contributed by atoms with Gasteiger partial charge in [0.1, 0.15) is 17.1 Å². The quantitative estimate of drug-likeness (QED) is 0.157. The summed E-state index contributed by atoms with van der Waals surface area (Å²) in [4.78, 5) is 13.2. The Morgan fingerprint density at radius 1 is 0.657 bits per heavy atom. The topological polar surface area (TPSA) is 48.7 Å². The molecule has 0 aliphatic heterocycles. The molecular formula is C29H38O4Si2. The van der Waals surface area contributed by atoms with Crippen LogP contribution in [-0.2, 0) is 0 Å². The molecule has 4 nitrogen and oxygen atoms in total. The fraction of sp³-hybridized carbons (Fsp3) is 0.414. The summed E-state index contributed by atoms with van der Waals surface area (Å²) in [5.74, 6) is 1.60. The number of hydrogen-bond acceptors (Lipinski definition) is 4. The molecule has 0 spiro atoms. The summed E-state index contributed by atoms with van der Waals surface area (Å²) in [5, 5.41) is 4.44. The summed E-state index contributed by atoms with van der Waals surface area (Å²) in [6, 6.07) is 15.9. The molecule has 1 aromatic heterocycles. The fourth-order valence-corrected chi connectivity index (χ4v) is 5.78. The van der Waals surface area contributed by atoms with E-state index in [0.717, 1.165) is 33.0 Å². The highest BCUT2D eigenvalue weighted by molar-refractivity contribution is 6.75. The predicted octanol–water partition coefficient (Wildman–Crippen LogP) is 8.87. The molecule has 35 heavy (non-hydrogen) atoms. The highest BCUT2D eigenvalue weighted by Crippen LogP contribution is 2.40. The second-order valence-electron chi connectivity index (χ2n) is 12.6. The lowest BCUT2D eigenvalue weighted by atomic mass is 10.0. The summed E-state index contributed by atoms with van der Waals surface area (Å²) in [6.45, 7) is 22.2. The van der Waals surface area contributed by atoms with Gasteiger partial charge in [-0.1, -0.05) is 53.7 Å². The first-order chi connectivity index (χ1) is 16.0. The van der Waals surface area contributed by atoms with Crippen molar-refractivity contribution in [3.8, 4) is 11.5 Å². The van der Waals surface area contributed by atoms with Crippen molar-refractivity contribution in [3.05, 3.63) is 59.0 Å². The molecule has 0 aliphatic carbocycles. The minimum Gasteiger partial charge on any atom is -0.543 e. The lowest BCUT2D eigenvalue weighted by Gasteiger charge is -2.36. The van der Waals surface area contributed by atoms with Gasteiger partial charge in [-0.25, -0.2) is 4.79 Å². The van der Waals surface area contributed by atoms with Gasteiger partial charge >= 0.3 is 5.63 Å². The van der Waals surface area contributed by atoms with Crippen LogP contribution in [0.15, 0.2) is 57.7 Å². The van der Waals surface area contributed by atoms with Gasteiger partial charge in [0, 0.05) is 16.8 Å². The minimum absolute atomic E-state index is 0.0816. The molecule has 0 saturated carbocycles. The summed E-state index contributed by atoms with van der Waals surface area (Å²) in [6.07, 6.45) is 0. The van der Waals surface area contributed by atoms with Gasteiger partial charge in [-0.2, -0.15) is 0 Å². The highest BCUT2D eigenvalue weighted by Gasteiger charge is 2.40. The number of rotatable bonds is 4. The molecule has 0 fully saturated rings. The van der Waals surface area contributed by atoms with Crippen molar-refractivity contribution in [1.82, 2.24) is 0 Å². The molecule has 186 valence electrons. The molecule has 0 radical (unpaired) electrons. The van der Waals surface area contributed by atoms with Crippen LogP contribution in [-0.4, -0.2) is 16.6 Å². The average molecular weight is 507 g/mol. The number of fused-ring (bicyclic) bond motifs is 5. The van der Waals surface area contributed by atoms with E-state index >= 15 is 0 Å². The van der Waals surface area contributed by atoms with Crippen LogP contribution in [0.2, 0.25) is 36.3 Å². The number of benzene rings is 3. The Hall–Kier alpha value is -2.58. The van der Waals surface area contributed by atoms with E-state index in [0.29, 0.717) is 11.0 Å². The molecule has 4 aromatic rings. The third kappa shape index (κ3) is 4.66. The van der Waals surface area contributed by atoms with Crippen molar-refractivity contribution in [2.24, 2.45) is 0 Å². The predicted molar refractivity (Wildman–Crippen MR) is 153 cm³/mol. The van der Waals surface area contributed by atoms with Crippen LogP contribution < -0.4 is 14.5 Å². The monoisotopic (exact) mass is 506 g/mol. The standard InChI is InChI=1S/C29H38O4Si2/c1-28(2,3)34(7,8)32-20-12-15-22-19(17-20)11-14-24-23-16-13-21(33-35(9,10)29(4,5)6)18-25(23)31-27(30)26(22)24/h11-18H,1-10H3. The Balaban J connectivity index is 1.80. The van der Waals surface area contributed by atoms with Crippen LogP contribution in [0.1, 0.15) is 41.5 Å². The second-order valence-corrected chi connectivity index (χ2v) is 22.1. The Kier molecular flexibility index (Phi) is 6.00. The molecule has 0 atom stereocenters. The van der Waals surface area contributed by atoms with E-state index in [-0.39, 0.29) is 15.7 Å². The summed E-state index contributed by atoms with van der Waals surface area (Å²) >= 11 is 0. The Morgan fingerprint density at radius 3 is 1.69 bits per heavy atom. The van der Waals surface area contributed by atoms with Crippen molar-refractivity contribution >= 4 is 49.1 Å². The molecule has 0 N–H and O–H groups in total. The van der Waals surface area contributed by atoms with Crippen LogP contribution in [0.3, 0.4) is 0 Å².